The molecule has 0 unspecified atom stereocenters. The summed E-state index contributed by atoms with van der Waals surface area (Å²) in [6.07, 6.45) is 0. The lowest BCUT2D eigenvalue weighted by Gasteiger charge is -2.20. The van der Waals surface area contributed by atoms with Gasteiger partial charge in [-0.2, -0.15) is 0 Å². The molecule has 0 aliphatic carbocycles. The first kappa shape index (κ1) is 33.6. The monoisotopic (exact) mass is 1380 g/mol. The molecule has 3 rings (SSSR count). The highest BCUT2D eigenvalue weighted by atomic mass is 79.9. The quantitative estimate of drug-likeness (QED) is 0.189. The Hall–Kier alpha value is 5.08. The van der Waals surface area contributed by atoms with Gasteiger partial charge >= 0.3 is 0 Å². The smallest absolute Gasteiger partial charge is 0.0483 e. The molecule has 16 heteroatoms. The normalized spacial score (nSPS) is 11.5. The van der Waals surface area contributed by atoms with Crippen LogP contribution in [-0.2, 0) is 0 Å². The van der Waals surface area contributed by atoms with E-state index in [2.05, 4.69) is 223 Å². The summed E-state index contributed by atoms with van der Waals surface area (Å²) in [6.45, 7) is 0. The van der Waals surface area contributed by atoms with Crippen molar-refractivity contribution in [1.29, 1.82) is 0 Å². The summed E-state index contributed by atoms with van der Waals surface area (Å²) in [5.41, 5.74) is 0. The van der Waals surface area contributed by atoms with Crippen LogP contribution >= 0.6 is 247 Å². The third-order valence-electron chi connectivity index (χ3n) is 3.93. The zero-order chi connectivity index (χ0) is 25.8. The van der Waals surface area contributed by atoms with Crippen molar-refractivity contribution in [2.24, 2.45) is 0 Å². The van der Waals surface area contributed by atoms with E-state index in [1.165, 1.54) is 0 Å². The maximum Gasteiger partial charge on any atom is 0.0483 e. The van der Waals surface area contributed by atoms with Crippen LogP contribution in [0.4, 0.5) is 0 Å². The van der Waals surface area contributed by atoms with Crippen molar-refractivity contribution in [1.82, 2.24) is 0 Å². The maximum absolute atomic E-state index is 3.82. The Balaban J connectivity index is 2.18. The van der Waals surface area contributed by atoms with Gasteiger partial charge in [-0.3, -0.25) is 0 Å². The summed E-state index contributed by atoms with van der Waals surface area (Å²) >= 11 is 55.2. The van der Waals surface area contributed by atoms with Gasteiger partial charge in [0, 0.05) is 82.2 Å². The van der Waals surface area contributed by atoms with Crippen molar-refractivity contribution in [2.75, 3.05) is 0 Å². The van der Waals surface area contributed by atoms with Crippen molar-refractivity contribution in [2.45, 2.75) is 19.6 Å². The zero-order valence-electron chi connectivity index (χ0n) is 15.1. The summed E-state index contributed by atoms with van der Waals surface area (Å²) < 4.78 is 12.9. The Morgan fingerprint density at radius 3 is 0.500 bits per heavy atom. The number of rotatable bonds is 4. The van der Waals surface area contributed by atoms with Crippen molar-refractivity contribution in [3.05, 3.63) is 62.6 Å². The summed E-state index contributed by atoms with van der Waals surface area (Å²) in [5.74, 6) is 0. The van der Waals surface area contributed by atoms with Crippen LogP contribution in [0, 0.1) is 0 Å². The second-order valence-corrected chi connectivity index (χ2v) is 19.1. The second kappa shape index (κ2) is 14.0. The Morgan fingerprint density at radius 2 is 0.324 bits per heavy atom. The van der Waals surface area contributed by atoms with E-state index in [-0.39, 0.29) is 0 Å². The van der Waals surface area contributed by atoms with Crippen molar-refractivity contribution < 1.29 is 0 Å². The fraction of sp³-hybridized carbons (Fsp3) is 0. The van der Waals surface area contributed by atoms with Gasteiger partial charge in [-0.15, -0.1) is 0 Å². The molecule has 0 nitrogen and oxygen atoms in total. The molecule has 182 valence electrons. The Kier molecular flexibility index (Phi) is 13.9. The molecule has 0 heterocycles. The molecule has 0 N–H and O–H groups in total. The summed E-state index contributed by atoms with van der Waals surface area (Å²) in [7, 11) is 0. The molecule has 0 spiro atoms. The van der Waals surface area contributed by atoms with E-state index in [4.69, 9.17) is 0 Å². The van der Waals surface area contributed by atoms with Crippen molar-refractivity contribution in [3.63, 3.8) is 0 Å². The van der Waals surface area contributed by atoms with Gasteiger partial charge in [0.25, 0.3) is 0 Å². The zero-order valence-corrected chi connectivity index (χ0v) is 38.9. The first-order valence-corrected chi connectivity index (χ1v) is 20.7. The summed E-state index contributed by atoms with van der Waals surface area (Å²) in [6, 6.07) is 0. The predicted molar refractivity (Wildman–Crippen MR) is 195 cm³/mol. The Labute approximate surface area is 322 Å². The van der Waals surface area contributed by atoms with Gasteiger partial charge in [0.05, 0.1) is 0 Å². The fourth-order valence-electron chi connectivity index (χ4n) is 2.32. The molecule has 0 aromatic heterocycles. The van der Waals surface area contributed by atoms with Gasteiger partial charge in [-0.1, -0.05) is 23.5 Å². The number of halogens is 14. The molecule has 0 amide bonds. The maximum atomic E-state index is 3.82. The molecule has 0 atom stereocenters. The highest BCUT2D eigenvalue weighted by Gasteiger charge is 2.26. The van der Waals surface area contributed by atoms with E-state index in [0.717, 1.165) is 82.2 Å². The van der Waals surface area contributed by atoms with Crippen molar-refractivity contribution >= 4 is 247 Å². The highest BCUT2D eigenvalue weighted by Crippen LogP contribution is 2.58. The van der Waals surface area contributed by atoms with Crippen LogP contribution < -0.4 is 0 Å². The van der Waals surface area contributed by atoms with Crippen LogP contribution in [0.15, 0.2) is 82.2 Å². The lowest BCUT2D eigenvalue weighted by molar-refractivity contribution is 1.18. The van der Waals surface area contributed by atoms with Crippen LogP contribution in [0.5, 0.6) is 0 Å². The molecule has 3 aromatic carbocycles. The SMILES string of the molecule is Brc1c(Br)c(Br)c(Sc2c(Br)c(Br)c(Sc3c(Br)c(Br)c(Br)c(Br)c3Br)c(Br)c2Br)c(Br)c1Br. The molecule has 0 radical (unpaired) electrons. The molecule has 3 aromatic rings. The summed E-state index contributed by atoms with van der Waals surface area (Å²) in [4.78, 5) is 4.02. The number of benzene rings is 3. The van der Waals surface area contributed by atoms with Gasteiger partial charge in [0.1, 0.15) is 0 Å². The second-order valence-electron chi connectivity index (χ2n) is 5.92. The Bertz CT molecular complexity index is 1160. The predicted octanol–water partition coefficient (Wildman–Crippen LogP) is 16.7. The first-order chi connectivity index (χ1) is 15.7. The molecular formula is C18Br14S2. The van der Waals surface area contributed by atoms with E-state index < -0.39 is 0 Å². The minimum absolute atomic E-state index is 0.920. The van der Waals surface area contributed by atoms with Gasteiger partial charge < -0.3 is 0 Å². The van der Waals surface area contributed by atoms with E-state index in [1.54, 1.807) is 23.5 Å². The van der Waals surface area contributed by atoms with Crippen LogP contribution in [0.2, 0.25) is 0 Å². The molecule has 0 fully saturated rings. The van der Waals surface area contributed by atoms with Crippen LogP contribution in [0.1, 0.15) is 0 Å². The van der Waals surface area contributed by atoms with Gasteiger partial charge in [-0.05, 0) is 223 Å². The molecule has 0 saturated carbocycles. The minimum Gasteiger partial charge on any atom is -0.0852 e. The van der Waals surface area contributed by atoms with E-state index in [9.17, 15) is 0 Å². The first-order valence-electron chi connectivity index (χ1n) is 7.96. The largest absolute Gasteiger partial charge is 0.0852 e. The van der Waals surface area contributed by atoms with Crippen molar-refractivity contribution in [3.8, 4) is 0 Å². The third kappa shape index (κ3) is 6.67. The number of hydrogen-bond acceptors (Lipinski definition) is 2. The van der Waals surface area contributed by atoms with Gasteiger partial charge in [-0.25, -0.2) is 0 Å². The van der Waals surface area contributed by atoms with Crippen LogP contribution in [-0.4, -0.2) is 0 Å². The lowest BCUT2D eigenvalue weighted by Crippen LogP contribution is -1.92. The van der Waals surface area contributed by atoms with Crippen LogP contribution in [0.3, 0.4) is 0 Å². The van der Waals surface area contributed by atoms with Gasteiger partial charge in [0.2, 0.25) is 0 Å². The average Bonchev–Trinajstić information content (AvgIpc) is 2.81. The molecule has 0 aliphatic rings. The van der Waals surface area contributed by atoms with E-state index in [0.29, 0.717) is 0 Å². The van der Waals surface area contributed by atoms with E-state index in [1.807, 2.05) is 0 Å². The molecule has 0 saturated heterocycles. The molecule has 34 heavy (non-hydrogen) atoms. The summed E-state index contributed by atoms with van der Waals surface area (Å²) in [5, 5.41) is 0. The van der Waals surface area contributed by atoms with Crippen LogP contribution in [0.25, 0.3) is 0 Å². The number of hydrogen-bond donors (Lipinski definition) is 0. The lowest BCUT2D eigenvalue weighted by atomic mass is 10.3. The molecular weight excluding hydrogens is 1400 g/mol. The third-order valence-corrected chi connectivity index (χ3v) is 24.9. The van der Waals surface area contributed by atoms with Gasteiger partial charge in [0.15, 0.2) is 0 Å². The Morgan fingerprint density at radius 1 is 0.206 bits per heavy atom. The molecule has 0 bridgehead atoms. The fourth-order valence-corrected chi connectivity index (χ4v) is 15.5. The standard InChI is InChI=1S/C18Br14S2/c19-1-3(21)7(25)15(8(26)4(1)22)33-17-11(29)13(31)18(14(32)12(17)30)34-16-9(27)5(23)2(20)6(24)10(16)28. The minimum atomic E-state index is 0.920. The highest BCUT2D eigenvalue weighted by molar-refractivity contribution is 9.16. The average molecular weight is 1400 g/mol. The molecule has 0 aliphatic heterocycles. The topological polar surface area (TPSA) is 0 Å². The van der Waals surface area contributed by atoms with E-state index >= 15 is 0 Å².